The number of methoxy groups -OCH3 is 2. The van der Waals surface area contributed by atoms with Crippen molar-refractivity contribution in [3.05, 3.63) is 82.5 Å². The van der Waals surface area contributed by atoms with Crippen molar-refractivity contribution in [3.8, 4) is 11.5 Å². The van der Waals surface area contributed by atoms with Gasteiger partial charge >= 0.3 is 5.97 Å². The summed E-state index contributed by atoms with van der Waals surface area (Å²) in [5.41, 5.74) is 1.37. The average molecular weight is 463 g/mol. The second kappa shape index (κ2) is 11.1. The Bertz CT molecular complexity index is 1390. The number of carbonyl (C=O) groups is 2. The number of H-pyrrole nitrogens is 2. The average Bonchev–Trinajstić information content (AvgIpc) is 3.33. The Hall–Kier alpha value is -4.93. The van der Waals surface area contributed by atoms with Gasteiger partial charge in [-0.15, -0.1) is 0 Å². The molecule has 1 amide bonds. The molecule has 11 heteroatoms. The lowest BCUT2D eigenvalue weighted by molar-refractivity contribution is -0.111. The molecule has 0 aliphatic rings. The number of nitrogens with one attached hydrogen (secondary N) is 3. The first-order chi connectivity index (χ1) is 16.4. The van der Waals surface area contributed by atoms with Crippen molar-refractivity contribution in [2.24, 2.45) is 0 Å². The van der Waals surface area contributed by atoms with E-state index in [1.54, 1.807) is 43.5 Å². The maximum atomic E-state index is 12.0. The monoisotopic (exact) mass is 463 g/mol. The number of fused-ring (bicyclic) bond motifs is 1. The van der Waals surface area contributed by atoms with Crippen molar-refractivity contribution < 1.29 is 24.2 Å². The van der Waals surface area contributed by atoms with Crippen molar-refractivity contribution in [1.29, 1.82) is 0 Å². The van der Waals surface area contributed by atoms with Gasteiger partial charge in [0, 0.05) is 6.08 Å². The maximum Gasteiger partial charge on any atom is 0.337 e. The topological polar surface area (TPSA) is 159 Å². The van der Waals surface area contributed by atoms with E-state index >= 15 is 0 Å². The molecular formula is C23H21N5O6. The number of hydrogen-bond acceptors (Lipinski definition) is 7. The molecule has 0 radical (unpaired) electrons. The van der Waals surface area contributed by atoms with E-state index in [4.69, 9.17) is 14.6 Å². The van der Waals surface area contributed by atoms with Crippen molar-refractivity contribution in [3.63, 3.8) is 0 Å². The summed E-state index contributed by atoms with van der Waals surface area (Å²) in [7, 11) is 3.07. The van der Waals surface area contributed by atoms with Gasteiger partial charge in [0.05, 0.1) is 38.0 Å². The van der Waals surface area contributed by atoms with E-state index in [-0.39, 0.29) is 16.8 Å². The van der Waals surface area contributed by atoms with E-state index in [0.717, 1.165) is 5.56 Å². The van der Waals surface area contributed by atoms with E-state index in [0.29, 0.717) is 22.5 Å². The zero-order chi connectivity index (χ0) is 24.5. The van der Waals surface area contributed by atoms with Gasteiger partial charge < -0.3 is 24.9 Å². The van der Waals surface area contributed by atoms with E-state index in [9.17, 15) is 14.4 Å². The predicted molar refractivity (Wildman–Crippen MR) is 125 cm³/mol. The fourth-order valence-electron chi connectivity index (χ4n) is 2.86. The maximum absolute atomic E-state index is 12.0. The van der Waals surface area contributed by atoms with Crippen molar-refractivity contribution in [1.82, 2.24) is 20.2 Å². The van der Waals surface area contributed by atoms with Crippen LogP contribution in [0.5, 0.6) is 11.5 Å². The summed E-state index contributed by atoms with van der Waals surface area (Å²) in [5, 5.41) is 18.4. The first-order valence-electron chi connectivity index (χ1n) is 9.83. The second-order valence-corrected chi connectivity index (χ2v) is 6.65. The molecule has 0 aliphatic carbocycles. The molecule has 0 fully saturated rings. The van der Waals surface area contributed by atoms with Crippen LogP contribution in [0.15, 0.2) is 65.9 Å². The summed E-state index contributed by atoms with van der Waals surface area (Å²) in [5.74, 6) is -0.390. The highest BCUT2D eigenvalue weighted by Crippen LogP contribution is 2.28. The Balaban J connectivity index is 0.000000266. The molecule has 0 saturated carbocycles. The van der Waals surface area contributed by atoms with Crippen LogP contribution in [0, 0.1) is 0 Å². The number of carbonyl (C=O) groups excluding carboxylic acids is 1. The fourth-order valence-corrected chi connectivity index (χ4v) is 2.86. The van der Waals surface area contributed by atoms with Gasteiger partial charge in [0.1, 0.15) is 5.39 Å². The highest BCUT2D eigenvalue weighted by atomic mass is 16.5. The number of carboxylic acids is 1. The minimum Gasteiger partial charge on any atom is -0.493 e. The Morgan fingerprint density at radius 3 is 2.56 bits per heavy atom. The van der Waals surface area contributed by atoms with E-state index in [2.05, 4.69) is 25.5 Å². The number of aromatic nitrogens is 4. The smallest absolute Gasteiger partial charge is 0.337 e. The molecule has 2 aromatic heterocycles. The molecule has 0 unspecified atom stereocenters. The number of aromatic amines is 2. The summed E-state index contributed by atoms with van der Waals surface area (Å²) in [6.45, 7) is 0. The molecule has 2 aromatic carbocycles. The summed E-state index contributed by atoms with van der Waals surface area (Å²) in [6.07, 6.45) is 5.70. The molecule has 4 N–H and O–H groups in total. The molecule has 34 heavy (non-hydrogen) atoms. The number of amides is 1. The van der Waals surface area contributed by atoms with Gasteiger partial charge in [-0.05, 0) is 35.9 Å². The van der Waals surface area contributed by atoms with Gasteiger partial charge in [-0.3, -0.25) is 14.7 Å². The van der Waals surface area contributed by atoms with Crippen LogP contribution in [0.2, 0.25) is 0 Å². The van der Waals surface area contributed by atoms with Crippen LogP contribution in [-0.4, -0.2) is 51.4 Å². The van der Waals surface area contributed by atoms with Crippen LogP contribution in [-0.2, 0) is 4.79 Å². The number of nitrogens with zero attached hydrogens (tertiary/aromatic N) is 2. The van der Waals surface area contributed by atoms with E-state index in [1.165, 1.54) is 37.8 Å². The fraction of sp³-hybridized carbons (Fsp3) is 0.0870. The second-order valence-electron chi connectivity index (χ2n) is 6.65. The Labute approximate surface area is 193 Å². The number of rotatable bonds is 6. The first kappa shape index (κ1) is 23.7. The number of anilines is 1. The third kappa shape index (κ3) is 5.85. The van der Waals surface area contributed by atoms with Gasteiger partial charge in [0.2, 0.25) is 5.91 Å². The van der Waals surface area contributed by atoms with E-state index < -0.39 is 11.9 Å². The number of carboxylic acid groups (broad SMARTS) is 1. The first-order valence-corrected chi connectivity index (χ1v) is 9.83. The quantitative estimate of drug-likeness (QED) is 0.318. The Kier molecular flexibility index (Phi) is 7.74. The van der Waals surface area contributed by atoms with Crippen LogP contribution in [0.25, 0.3) is 17.1 Å². The standard InChI is InChI=1S/C18H17NO5.C5H4N4O/c1-23-15-9-7-12(11-16(15)24-2)8-10-17(20)19-14-6-4-3-5-13(14)18(21)22;10-5-3-1-8-9-4(3)6-2-7-5/h3-11H,1-2H3,(H,19,20)(H,21,22);1-2H,(H2,6,7,8,9,10)/b10-8+;. The van der Waals surface area contributed by atoms with Gasteiger partial charge in [0.15, 0.2) is 17.1 Å². The molecule has 0 saturated heterocycles. The number of aromatic carboxylic acids is 1. The molecule has 0 spiro atoms. The molecule has 174 valence electrons. The van der Waals surface area contributed by atoms with Gasteiger partial charge in [-0.2, -0.15) is 5.10 Å². The largest absolute Gasteiger partial charge is 0.493 e. The highest BCUT2D eigenvalue weighted by molar-refractivity contribution is 6.06. The molecule has 0 bridgehead atoms. The molecule has 11 nitrogen and oxygen atoms in total. The van der Waals surface area contributed by atoms with Gasteiger partial charge in [0.25, 0.3) is 5.56 Å². The third-order valence-electron chi connectivity index (χ3n) is 4.50. The lowest BCUT2D eigenvalue weighted by Crippen LogP contribution is -2.11. The summed E-state index contributed by atoms with van der Waals surface area (Å²) < 4.78 is 10.3. The molecule has 2 heterocycles. The highest BCUT2D eigenvalue weighted by Gasteiger charge is 2.10. The van der Waals surface area contributed by atoms with Crippen LogP contribution in [0.3, 0.4) is 0 Å². The Morgan fingerprint density at radius 2 is 1.85 bits per heavy atom. The zero-order valence-corrected chi connectivity index (χ0v) is 18.2. The molecular weight excluding hydrogens is 442 g/mol. The lowest BCUT2D eigenvalue weighted by Gasteiger charge is -2.08. The van der Waals surface area contributed by atoms with Crippen LogP contribution in [0.4, 0.5) is 5.69 Å². The van der Waals surface area contributed by atoms with Crippen LogP contribution >= 0.6 is 0 Å². The molecule has 4 aromatic rings. The minimum absolute atomic E-state index is 0.0327. The number of benzene rings is 2. The van der Waals surface area contributed by atoms with Crippen molar-refractivity contribution >= 4 is 34.7 Å². The number of para-hydroxylation sites is 1. The van der Waals surface area contributed by atoms with Gasteiger partial charge in [-0.25, -0.2) is 9.78 Å². The van der Waals surface area contributed by atoms with Crippen LogP contribution < -0.4 is 20.3 Å². The molecule has 4 rings (SSSR count). The summed E-state index contributed by atoms with van der Waals surface area (Å²) >= 11 is 0. The SMILES string of the molecule is COc1ccc(/C=C/C(=O)Nc2ccccc2C(=O)O)cc1OC.O=c1[nH]cnc2[nH]ncc12. The van der Waals surface area contributed by atoms with Crippen molar-refractivity contribution in [2.75, 3.05) is 19.5 Å². The summed E-state index contributed by atoms with van der Waals surface area (Å²) in [4.78, 5) is 40.3. The third-order valence-corrected chi connectivity index (χ3v) is 4.50. The molecule has 0 aliphatic heterocycles. The van der Waals surface area contributed by atoms with Crippen molar-refractivity contribution in [2.45, 2.75) is 0 Å². The number of hydrogen-bond donors (Lipinski definition) is 4. The predicted octanol–water partition coefficient (Wildman–Crippen LogP) is 2.70. The lowest BCUT2D eigenvalue weighted by atomic mass is 10.1. The normalized spacial score (nSPS) is 10.4. The van der Waals surface area contributed by atoms with Crippen LogP contribution in [0.1, 0.15) is 15.9 Å². The van der Waals surface area contributed by atoms with Gasteiger partial charge in [-0.1, -0.05) is 18.2 Å². The Morgan fingerprint density at radius 1 is 1.09 bits per heavy atom. The van der Waals surface area contributed by atoms with E-state index in [1.807, 2.05) is 0 Å². The summed E-state index contributed by atoms with van der Waals surface area (Å²) in [6, 6.07) is 11.4. The minimum atomic E-state index is -1.10. The molecule has 0 atom stereocenters. The number of ether oxygens (including phenoxy) is 2. The zero-order valence-electron chi connectivity index (χ0n) is 18.2.